The maximum Gasteiger partial charge on any atom is 0.242 e. The zero-order valence-electron chi connectivity index (χ0n) is 6.10. The van der Waals surface area contributed by atoms with Crippen LogP contribution in [0.4, 0.5) is 5.95 Å². The molecule has 1 heterocycles. The summed E-state index contributed by atoms with van der Waals surface area (Å²) in [5.41, 5.74) is 6.95. The number of rotatable bonds is 4. The van der Waals surface area contributed by atoms with Crippen molar-refractivity contribution in [2.24, 2.45) is 11.7 Å². The van der Waals surface area contributed by atoms with Gasteiger partial charge in [-0.1, -0.05) is 5.23 Å². The van der Waals surface area contributed by atoms with Crippen LogP contribution in [-0.2, 0) is 0 Å². The zero-order valence-corrected chi connectivity index (χ0v) is 6.10. The molecule has 0 amide bonds. The first-order valence-electron chi connectivity index (χ1n) is 2.98. The van der Waals surface area contributed by atoms with Crippen molar-refractivity contribution in [1.82, 2.24) is 31.2 Å². The van der Waals surface area contributed by atoms with Gasteiger partial charge in [-0.05, 0) is 0 Å². The lowest BCUT2D eigenvalue weighted by Gasteiger charge is -2.18. The predicted molar refractivity (Wildman–Crippen MR) is 39.9 cm³/mol. The molecule has 0 aliphatic carbocycles. The van der Waals surface area contributed by atoms with Crippen LogP contribution in [0.25, 0.3) is 0 Å². The number of hydrogen-bond donors (Lipinski definition) is 5. The summed E-state index contributed by atoms with van der Waals surface area (Å²) in [6.45, 7) is 0. The average Bonchev–Trinajstić information content (AvgIpc) is 2.16. The summed E-state index contributed by atoms with van der Waals surface area (Å²) in [6.07, 6.45) is 2.67. The third-order valence-electron chi connectivity index (χ3n) is 0.963. The van der Waals surface area contributed by atoms with Crippen molar-refractivity contribution in [2.75, 3.05) is 5.43 Å². The topological polar surface area (TPSA) is 130 Å². The Morgan fingerprint density at radius 3 is 2.25 bits per heavy atom. The minimum atomic E-state index is 0.306. The van der Waals surface area contributed by atoms with Crippen LogP contribution < -0.4 is 28.2 Å². The lowest BCUT2D eigenvalue weighted by Crippen LogP contribution is -2.57. The maximum absolute atomic E-state index is 5.03. The summed E-state index contributed by atoms with van der Waals surface area (Å²) in [5, 5.41) is 1.06. The molecule has 0 saturated carbocycles. The minimum absolute atomic E-state index is 0.306. The van der Waals surface area contributed by atoms with E-state index < -0.39 is 0 Å². The average molecular weight is 171 g/mol. The van der Waals surface area contributed by atoms with E-state index in [1.54, 1.807) is 0 Å². The van der Waals surface area contributed by atoms with Crippen LogP contribution >= 0.6 is 0 Å². The molecule has 1 aromatic rings. The third-order valence-corrected chi connectivity index (χ3v) is 0.963. The Kier molecular flexibility index (Phi) is 3.25. The smallest absolute Gasteiger partial charge is 0.242 e. The molecular formula is C3H9N9. The second kappa shape index (κ2) is 4.48. The van der Waals surface area contributed by atoms with Gasteiger partial charge in [-0.25, -0.2) is 15.0 Å². The normalized spacial score (nSPS) is 10.2. The van der Waals surface area contributed by atoms with Crippen molar-refractivity contribution in [2.45, 2.75) is 0 Å². The molecule has 0 unspecified atom stereocenters. The summed E-state index contributed by atoms with van der Waals surface area (Å²) in [7, 11) is 0. The number of hydrazine groups is 5. The van der Waals surface area contributed by atoms with Crippen LogP contribution in [0, 0.1) is 0 Å². The first-order chi connectivity index (χ1) is 5.86. The Bertz CT molecular complexity index is 206. The molecule has 0 aromatic carbocycles. The van der Waals surface area contributed by atoms with Crippen LogP contribution in [0.3, 0.4) is 0 Å². The fraction of sp³-hybridized carbons (Fsp3) is 0. The van der Waals surface area contributed by atoms with Crippen molar-refractivity contribution >= 4 is 5.95 Å². The van der Waals surface area contributed by atoms with Crippen LogP contribution in [0.1, 0.15) is 0 Å². The highest BCUT2D eigenvalue weighted by Crippen LogP contribution is 1.89. The van der Waals surface area contributed by atoms with E-state index in [-0.39, 0.29) is 0 Å². The second-order valence-electron chi connectivity index (χ2n) is 1.67. The van der Waals surface area contributed by atoms with Crippen molar-refractivity contribution in [3.63, 3.8) is 0 Å². The fourth-order valence-corrected chi connectivity index (χ4v) is 0.499. The second-order valence-corrected chi connectivity index (χ2v) is 1.67. The molecule has 1 rings (SSSR count). The summed E-state index contributed by atoms with van der Waals surface area (Å²) >= 11 is 0. The Morgan fingerprint density at radius 2 is 1.75 bits per heavy atom. The zero-order chi connectivity index (χ0) is 8.81. The fourth-order valence-electron chi connectivity index (χ4n) is 0.499. The quantitative estimate of drug-likeness (QED) is 0.242. The molecule has 9 nitrogen and oxygen atoms in total. The summed E-state index contributed by atoms with van der Waals surface area (Å²) in [5.74, 6) is 10.4. The highest BCUT2D eigenvalue weighted by Gasteiger charge is 1.99. The molecular weight excluding hydrogens is 162 g/mol. The summed E-state index contributed by atoms with van der Waals surface area (Å²) < 4.78 is 0. The van der Waals surface area contributed by atoms with Crippen molar-refractivity contribution < 1.29 is 0 Å². The van der Waals surface area contributed by atoms with Crippen molar-refractivity contribution in [3.05, 3.63) is 12.7 Å². The van der Waals surface area contributed by atoms with Gasteiger partial charge < -0.3 is 0 Å². The standard InChI is InChI=1S/C3H9N9/c4-10-12(11-5)9-3-7-1-6-2-8-3/h1-2,10-11H,4-5H2,(H,6,7,8,9). The van der Waals surface area contributed by atoms with Crippen LogP contribution in [0.15, 0.2) is 12.7 Å². The van der Waals surface area contributed by atoms with E-state index in [1.165, 1.54) is 12.7 Å². The van der Waals surface area contributed by atoms with E-state index >= 15 is 0 Å². The predicted octanol–water partition coefficient (Wildman–Crippen LogP) is -2.74. The molecule has 0 fully saturated rings. The van der Waals surface area contributed by atoms with Crippen LogP contribution in [-0.4, -0.2) is 20.2 Å². The third kappa shape index (κ3) is 2.34. The molecule has 9 heteroatoms. The number of nitrogens with two attached hydrogens (primary N) is 2. The SMILES string of the molecule is NNN(NN)Nc1ncncn1. The molecule has 12 heavy (non-hydrogen) atoms. The molecule has 0 bridgehead atoms. The van der Waals surface area contributed by atoms with Gasteiger partial charge in [0, 0.05) is 0 Å². The van der Waals surface area contributed by atoms with Gasteiger partial charge in [0.2, 0.25) is 5.95 Å². The Labute approximate surface area is 68.0 Å². The van der Waals surface area contributed by atoms with Gasteiger partial charge in [0.05, 0.1) is 0 Å². The lowest BCUT2D eigenvalue weighted by atomic mass is 11.0. The monoisotopic (exact) mass is 171 g/mol. The molecule has 0 spiro atoms. The van der Waals surface area contributed by atoms with Gasteiger partial charge in [0.15, 0.2) is 0 Å². The van der Waals surface area contributed by atoms with E-state index in [9.17, 15) is 0 Å². The van der Waals surface area contributed by atoms with Crippen molar-refractivity contribution in [3.8, 4) is 0 Å². The summed E-state index contributed by atoms with van der Waals surface area (Å²) in [6, 6.07) is 0. The molecule has 7 N–H and O–H groups in total. The Balaban J connectivity index is 2.51. The van der Waals surface area contributed by atoms with Crippen LogP contribution in [0.5, 0.6) is 0 Å². The highest BCUT2D eigenvalue weighted by molar-refractivity contribution is 5.17. The van der Waals surface area contributed by atoms with E-state index in [1.807, 2.05) is 0 Å². The highest BCUT2D eigenvalue weighted by atomic mass is 16.0. The number of hydrogen-bond acceptors (Lipinski definition) is 9. The number of nitrogens with zero attached hydrogens (tertiary/aromatic N) is 4. The molecule has 0 atom stereocenters. The lowest BCUT2D eigenvalue weighted by molar-refractivity contribution is 0.153. The van der Waals surface area contributed by atoms with Gasteiger partial charge in [-0.3, -0.25) is 17.1 Å². The Hall–Kier alpha value is -1.39. The van der Waals surface area contributed by atoms with Crippen molar-refractivity contribution in [1.29, 1.82) is 0 Å². The van der Waals surface area contributed by atoms with Gasteiger partial charge >= 0.3 is 0 Å². The number of anilines is 1. The van der Waals surface area contributed by atoms with Gasteiger partial charge in [-0.2, -0.15) is 11.1 Å². The molecule has 0 aliphatic rings. The number of aromatic nitrogens is 3. The summed E-state index contributed by atoms with van der Waals surface area (Å²) in [4.78, 5) is 11.1. The first-order valence-corrected chi connectivity index (χ1v) is 2.98. The van der Waals surface area contributed by atoms with E-state index in [4.69, 9.17) is 11.7 Å². The van der Waals surface area contributed by atoms with Gasteiger partial charge in [0.1, 0.15) is 12.7 Å². The largest absolute Gasteiger partial charge is 0.257 e. The molecule has 66 valence electrons. The molecule has 1 aromatic heterocycles. The minimum Gasteiger partial charge on any atom is -0.257 e. The molecule has 0 saturated heterocycles. The molecule has 0 radical (unpaired) electrons. The first kappa shape index (κ1) is 8.70. The van der Waals surface area contributed by atoms with E-state index in [2.05, 4.69) is 31.4 Å². The maximum atomic E-state index is 5.03. The van der Waals surface area contributed by atoms with Gasteiger partial charge in [0.25, 0.3) is 0 Å². The molecule has 0 aliphatic heterocycles. The van der Waals surface area contributed by atoms with E-state index in [0.29, 0.717) is 5.95 Å². The van der Waals surface area contributed by atoms with E-state index in [0.717, 1.165) is 5.23 Å². The van der Waals surface area contributed by atoms with Gasteiger partial charge in [-0.15, -0.1) is 0 Å². The van der Waals surface area contributed by atoms with Crippen LogP contribution in [0.2, 0.25) is 0 Å². The number of nitrogens with one attached hydrogen (secondary N) is 3. The Morgan fingerprint density at radius 1 is 1.17 bits per heavy atom.